The van der Waals surface area contributed by atoms with E-state index in [2.05, 4.69) is 10.3 Å². The summed E-state index contributed by atoms with van der Waals surface area (Å²) in [5.74, 6) is 0.922. The average molecular weight is 326 g/mol. The van der Waals surface area contributed by atoms with Gasteiger partial charge in [0.05, 0.1) is 18.8 Å². The number of nitrogens with zero attached hydrogens (tertiary/aromatic N) is 4. The van der Waals surface area contributed by atoms with Gasteiger partial charge >= 0.3 is 0 Å². The highest BCUT2D eigenvalue weighted by atomic mass is 16.5. The van der Waals surface area contributed by atoms with Gasteiger partial charge in [0, 0.05) is 25.0 Å². The SMILES string of the molecule is O=C(c1cc(-c2ccco2)on1)N1CCCCC1Cn1cccn1. The van der Waals surface area contributed by atoms with Crippen molar-refractivity contribution >= 4 is 5.91 Å². The fraction of sp³-hybridized carbons (Fsp3) is 0.353. The Bertz CT molecular complexity index is 792. The lowest BCUT2D eigenvalue weighted by atomic mass is 10.0. The minimum Gasteiger partial charge on any atom is -0.461 e. The summed E-state index contributed by atoms with van der Waals surface area (Å²) in [6, 6.07) is 7.19. The largest absolute Gasteiger partial charge is 0.461 e. The molecule has 0 aliphatic carbocycles. The molecule has 7 heteroatoms. The van der Waals surface area contributed by atoms with Crippen LogP contribution in [0, 0.1) is 0 Å². The zero-order valence-corrected chi connectivity index (χ0v) is 13.2. The number of hydrogen-bond donors (Lipinski definition) is 0. The molecule has 1 amide bonds. The average Bonchev–Trinajstić information content (AvgIpc) is 3.35. The number of rotatable bonds is 4. The topological polar surface area (TPSA) is 77.3 Å². The second-order valence-corrected chi connectivity index (χ2v) is 5.93. The molecule has 4 rings (SSSR count). The van der Waals surface area contributed by atoms with Crippen molar-refractivity contribution in [1.29, 1.82) is 0 Å². The summed E-state index contributed by atoms with van der Waals surface area (Å²) >= 11 is 0. The first-order valence-electron chi connectivity index (χ1n) is 8.10. The number of furan rings is 1. The normalized spacial score (nSPS) is 18.0. The summed E-state index contributed by atoms with van der Waals surface area (Å²) in [4.78, 5) is 14.7. The summed E-state index contributed by atoms with van der Waals surface area (Å²) in [7, 11) is 0. The van der Waals surface area contributed by atoms with Crippen LogP contribution in [0.1, 0.15) is 29.8 Å². The van der Waals surface area contributed by atoms with Gasteiger partial charge < -0.3 is 13.8 Å². The molecule has 4 heterocycles. The smallest absolute Gasteiger partial charge is 0.276 e. The molecule has 1 aliphatic rings. The Labute approximate surface area is 138 Å². The van der Waals surface area contributed by atoms with E-state index in [9.17, 15) is 4.79 Å². The second-order valence-electron chi connectivity index (χ2n) is 5.93. The maximum Gasteiger partial charge on any atom is 0.276 e. The third kappa shape index (κ3) is 2.84. The van der Waals surface area contributed by atoms with Crippen molar-refractivity contribution in [2.45, 2.75) is 31.8 Å². The van der Waals surface area contributed by atoms with Crippen molar-refractivity contribution in [3.63, 3.8) is 0 Å². The zero-order valence-electron chi connectivity index (χ0n) is 13.2. The number of amides is 1. The van der Waals surface area contributed by atoms with Gasteiger partial charge in [0.1, 0.15) is 0 Å². The third-order valence-corrected chi connectivity index (χ3v) is 4.34. The lowest BCUT2D eigenvalue weighted by Gasteiger charge is -2.35. The van der Waals surface area contributed by atoms with Crippen molar-refractivity contribution in [1.82, 2.24) is 19.8 Å². The molecule has 1 saturated heterocycles. The van der Waals surface area contributed by atoms with E-state index in [-0.39, 0.29) is 11.9 Å². The van der Waals surface area contributed by atoms with Crippen LogP contribution in [0.3, 0.4) is 0 Å². The Morgan fingerprint density at radius 2 is 2.25 bits per heavy atom. The van der Waals surface area contributed by atoms with Gasteiger partial charge in [-0.25, -0.2) is 0 Å². The fourth-order valence-corrected chi connectivity index (χ4v) is 3.14. The predicted molar refractivity (Wildman–Crippen MR) is 85.1 cm³/mol. The predicted octanol–water partition coefficient (Wildman–Crippen LogP) is 2.83. The Morgan fingerprint density at radius 1 is 1.29 bits per heavy atom. The van der Waals surface area contributed by atoms with E-state index in [1.165, 1.54) is 0 Å². The zero-order chi connectivity index (χ0) is 16.4. The number of aromatic nitrogens is 3. The molecular weight excluding hydrogens is 308 g/mol. The van der Waals surface area contributed by atoms with Crippen LogP contribution in [0.5, 0.6) is 0 Å². The molecule has 0 N–H and O–H groups in total. The maximum absolute atomic E-state index is 12.9. The number of carbonyl (C=O) groups is 1. The van der Waals surface area contributed by atoms with E-state index in [1.807, 2.05) is 21.8 Å². The monoisotopic (exact) mass is 326 g/mol. The van der Waals surface area contributed by atoms with E-state index >= 15 is 0 Å². The minimum absolute atomic E-state index is 0.103. The highest BCUT2D eigenvalue weighted by Gasteiger charge is 2.30. The van der Waals surface area contributed by atoms with Crippen molar-refractivity contribution in [2.24, 2.45) is 0 Å². The summed E-state index contributed by atoms with van der Waals surface area (Å²) in [6.07, 6.45) is 8.32. The van der Waals surface area contributed by atoms with Crippen molar-refractivity contribution in [3.05, 3.63) is 48.6 Å². The number of piperidine rings is 1. The summed E-state index contributed by atoms with van der Waals surface area (Å²) in [5, 5.41) is 8.18. The van der Waals surface area contributed by atoms with Gasteiger partial charge in [-0.15, -0.1) is 0 Å². The first-order chi connectivity index (χ1) is 11.8. The number of carbonyl (C=O) groups excluding carboxylic acids is 1. The van der Waals surface area contributed by atoms with E-state index in [4.69, 9.17) is 8.94 Å². The van der Waals surface area contributed by atoms with Crippen molar-refractivity contribution < 1.29 is 13.7 Å². The van der Waals surface area contributed by atoms with Crippen LogP contribution >= 0.6 is 0 Å². The minimum atomic E-state index is -0.103. The van der Waals surface area contributed by atoms with Crippen LogP contribution in [0.25, 0.3) is 11.5 Å². The van der Waals surface area contributed by atoms with E-state index in [0.717, 1.165) is 25.8 Å². The highest BCUT2D eigenvalue weighted by Crippen LogP contribution is 2.24. The first-order valence-corrected chi connectivity index (χ1v) is 8.10. The van der Waals surface area contributed by atoms with Gasteiger partial charge in [0.25, 0.3) is 5.91 Å². The molecule has 0 spiro atoms. The Kier molecular flexibility index (Phi) is 3.90. The molecule has 0 aromatic carbocycles. The van der Waals surface area contributed by atoms with Crippen LogP contribution in [-0.4, -0.2) is 38.3 Å². The third-order valence-electron chi connectivity index (χ3n) is 4.34. The van der Waals surface area contributed by atoms with Gasteiger partial charge in [0.15, 0.2) is 11.5 Å². The highest BCUT2D eigenvalue weighted by molar-refractivity contribution is 5.93. The number of hydrogen-bond acceptors (Lipinski definition) is 5. The van der Waals surface area contributed by atoms with Gasteiger partial charge in [0.2, 0.25) is 5.76 Å². The number of likely N-dealkylation sites (tertiary alicyclic amines) is 1. The second kappa shape index (κ2) is 6.35. The molecule has 3 aromatic heterocycles. The van der Waals surface area contributed by atoms with E-state index in [0.29, 0.717) is 23.8 Å². The van der Waals surface area contributed by atoms with Crippen LogP contribution in [0.15, 0.2) is 51.9 Å². The van der Waals surface area contributed by atoms with Crippen LogP contribution in [0.2, 0.25) is 0 Å². The molecule has 0 saturated carbocycles. The van der Waals surface area contributed by atoms with Gasteiger partial charge in [-0.3, -0.25) is 9.48 Å². The fourth-order valence-electron chi connectivity index (χ4n) is 3.14. The molecule has 0 bridgehead atoms. The Hall–Kier alpha value is -2.83. The van der Waals surface area contributed by atoms with Crippen LogP contribution < -0.4 is 0 Å². The van der Waals surface area contributed by atoms with E-state index in [1.54, 1.807) is 30.7 Å². The molecular formula is C17H18N4O3. The lowest BCUT2D eigenvalue weighted by Crippen LogP contribution is -2.46. The molecule has 1 aliphatic heterocycles. The molecule has 1 atom stereocenters. The summed E-state index contributed by atoms with van der Waals surface area (Å²) in [5.41, 5.74) is 0.314. The lowest BCUT2D eigenvalue weighted by molar-refractivity contribution is 0.0573. The van der Waals surface area contributed by atoms with Crippen molar-refractivity contribution in [2.75, 3.05) is 6.54 Å². The van der Waals surface area contributed by atoms with Crippen LogP contribution in [0.4, 0.5) is 0 Å². The van der Waals surface area contributed by atoms with E-state index < -0.39 is 0 Å². The molecule has 0 radical (unpaired) electrons. The Morgan fingerprint density at radius 3 is 3.04 bits per heavy atom. The quantitative estimate of drug-likeness (QED) is 0.737. The maximum atomic E-state index is 12.9. The van der Waals surface area contributed by atoms with Gasteiger partial charge in [-0.05, 0) is 37.5 Å². The summed E-state index contributed by atoms with van der Waals surface area (Å²) < 4.78 is 12.4. The van der Waals surface area contributed by atoms with Crippen LogP contribution in [-0.2, 0) is 6.54 Å². The molecule has 3 aromatic rings. The molecule has 1 unspecified atom stereocenters. The molecule has 1 fully saturated rings. The van der Waals surface area contributed by atoms with Crippen molar-refractivity contribution in [3.8, 4) is 11.5 Å². The van der Waals surface area contributed by atoms with Gasteiger partial charge in [-0.1, -0.05) is 5.16 Å². The summed E-state index contributed by atoms with van der Waals surface area (Å²) in [6.45, 7) is 1.43. The van der Waals surface area contributed by atoms with Gasteiger partial charge in [-0.2, -0.15) is 5.10 Å². The Balaban J connectivity index is 1.53. The standard InChI is InChI=1S/C17H18N4O3/c22-17(14-11-16(24-19-14)15-6-3-10-23-15)21-9-2-1-5-13(21)12-20-8-4-7-18-20/h3-4,6-8,10-11,13H,1-2,5,9,12H2. The molecule has 7 nitrogen and oxygen atoms in total. The first kappa shape index (κ1) is 14.7. The molecule has 124 valence electrons. The molecule has 24 heavy (non-hydrogen) atoms.